The smallest absolute Gasteiger partial charge is 0.251 e. The summed E-state index contributed by atoms with van der Waals surface area (Å²) in [7, 11) is 1.85. The van der Waals surface area contributed by atoms with Crippen LogP contribution in [-0.2, 0) is 6.54 Å². The molecule has 0 atom stereocenters. The van der Waals surface area contributed by atoms with Crippen LogP contribution in [0.1, 0.15) is 21.5 Å². The summed E-state index contributed by atoms with van der Waals surface area (Å²) < 4.78 is 0. The van der Waals surface area contributed by atoms with Gasteiger partial charge in [-0.25, -0.2) is 0 Å². The first-order valence-corrected chi connectivity index (χ1v) is 6.30. The van der Waals surface area contributed by atoms with E-state index < -0.39 is 0 Å². The van der Waals surface area contributed by atoms with Crippen molar-refractivity contribution in [2.45, 2.75) is 13.5 Å². The third kappa shape index (κ3) is 3.58. The van der Waals surface area contributed by atoms with Crippen LogP contribution in [0.3, 0.4) is 0 Å². The summed E-state index contributed by atoms with van der Waals surface area (Å²) in [6, 6.07) is 15.5. The molecule has 2 aromatic rings. The molecule has 0 saturated heterocycles. The Bertz CT molecular complexity index is 561. The number of carbonyl (C=O) groups is 1. The van der Waals surface area contributed by atoms with Crippen molar-refractivity contribution >= 4 is 11.6 Å². The molecule has 0 saturated carbocycles. The van der Waals surface area contributed by atoms with E-state index in [0.29, 0.717) is 12.1 Å². The highest BCUT2D eigenvalue weighted by Crippen LogP contribution is 2.09. The number of rotatable bonds is 4. The fourth-order valence-corrected chi connectivity index (χ4v) is 1.89. The Hall–Kier alpha value is -2.29. The lowest BCUT2D eigenvalue weighted by Crippen LogP contribution is -2.22. The van der Waals surface area contributed by atoms with Crippen LogP contribution in [0.5, 0.6) is 0 Å². The average molecular weight is 254 g/mol. The standard InChI is InChI=1S/C16H18N2O/c1-12-4-3-5-13(10-12)11-18-16(19)14-6-8-15(17-2)9-7-14/h3-10,17H,11H2,1-2H3,(H,18,19). The Morgan fingerprint density at radius 1 is 1.11 bits per heavy atom. The van der Waals surface area contributed by atoms with Gasteiger partial charge in [0, 0.05) is 24.8 Å². The number of hydrogen-bond donors (Lipinski definition) is 2. The Balaban J connectivity index is 1.97. The fourth-order valence-electron chi connectivity index (χ4n) is 1.89. The summed E-state index contributed by atoms with van der Waals surface area (Å²) in [5, 5.41) is 5.95. The number of carbonyl (C=O) groups excluding carboxylic acids is 1. The van der Waals surface area contributed by atoms with Crippen LogP contribution in [0.15, 0.2) is 48.5 Å². The summed E-state index contributed by atoms with van der Waals surface area (Å²) >= 11 is 0. The number of nitrogens with one attached hydrogen (secondary N) is 2. The van der Waals surface area contributed by atoms with Gasteiger partial charge in [-0.3, -0.25) is 4.79 Å². The number of amides is 1. The highest BCUT2D eigenvalue weighted by atomic mass is 16.1. The summed E-state index contributed by atoms with van der Waals surface area (Å²) in [4.78, 5) is 12.0. The predicted octanol–water partition coefficient (Wildman–Crippen LogP) is 2.97. The van der Waals surface area contributed by atoms with Crippen LogP contribution in [0.25, 0.3) is 0 Å². The molecule has 0 unspecified atom stereocenters. The van der Waals surface area contributed by atoms with E-state index in [1.807, 2.05) is 56.4 Å². The molecule has 3 heteroatoms. The van der Waals surface area contributed by atoms with Crippen molar-refractivity contribution in [3.05, 3.63) is 65.2 Å². The maximum absolute atomic E-state index is 12.0. The second kappa shape index (κ2) is 6.05. The summed E-state index contributed by atoms with van der Waals surface area (Å²) in [5.41, 5.74) is 3.98. The lowest BCUT2D eigenvalue weighted by atomic mass is 10.1. The maximum Gasteiger partial charge on any atom is 0.251 e. The van der Waals surface area contributed by atoms with E-state index in [-0.39, 0.29) is 5.91 Å². The Labute approximate surface area is 113 Å². The molecule has 0 radical (unpaired) electrons. The number of anilines is 1. The van der Waals surface area contributed by atoms with Crippen molar-refractivity contribution in [1.29, 1.82) is 0 Å². The molecular weight excluding hydrogens is 236 g/mol. The summed E-state index contributed by atoms with van der Waals surface area (Å²) in [6.45, 7) is 2.59. The molecule has 1 amide bonds. The molecular formula is C16H18N2O. The van der Waals surface area contributed by atoms with Crippen molar-refractivity contribution in [2.75, 3.05) is 12.4 Å². The minimum absolute atomic E-state index is 0.0517. The first-order valence-electron chi connectivity index (χ1n) is 6.30. The molecule has 0 fully saturated rings. The van der Waals surface area contributed by atoms with Crippen molar-refractivity contribution in [2.24, 2.45) is 0 Å². The lowest BCUT2D eigenvalue weighted by molar-refractivity contribution is 0.0951. The van der Waals surface area contributed by atoms with Gasteiger partial charge in [0.05, 0.1) is 0 Å². The van der Waals surface area contributed by atoms with Gasteiger partial charge in [0.1, 0.15) is 0 Å². The van der Waals surface area contributed by atoms with Crippen molar-refractivity contribution in [1.82, 2.24) is 5.32 Å². The van der Waals surface area contributed by atoms with Crippen LogP contribution in [-0.4, -0.2) is 13.0 Å². The monoisotopic (exact) mass is 254 g/mol. The van der Waals surface area contributed by atoms with Gasteiger partial charge in [-0.1, -0.05) is 29.8 Å². The lowest BCUT2D eigenvalue weighted by Gasteiger charge is -2.07. The van der Waals surface area contributed by atoms with Crippen molar-refractivity contribution < 1.29 is 4.79 Å². The molecule has 0 aromatic heterocycles. The Morgan fingerprint density at radius 2 is 1.84 bits per heavy atom. The van der Waals surface area contributed by atoms with E-state index in [4.69, 9.17) is 0 Å². The average Bonchev–Trinajstić information content (AvgIpc) is 2.45. The summed E-state index contributed by atoms with van der Waals surface area (Å²) in [5.74, 6) is -0.0517. The van der Waals surface area contributed by atoms with Crippen molar-refractivity contribution in [3.63, 3.8) is 0 Å². The SMILES string of the molecule is CNc1ccc(C(=O)NCc2cccc(C)c2)cc1. The summed E-state index contributed by atoms with van der Waals surface area (Å²) in [6.07, 6.45) is 0. The fraction of sp³-hybridized carbons (Fsp3) is 0.188. The second-order valence-corrected chi connectivity index (χ2v) is 4.50. The first kappa shape index (κ1) is 13.1. The van der Waals surface area contributed by atoms with Gasteiger partial charge >= 0.3 is 0 Å². The van der Waals surface area contributed by atoms with E-state index in [1.54, 1.807) is 0 Å². The third-order valence-corrected chi connectivity index (χ3v) is 2.97. The molecule has 0 spiro atoms. The highest BCUT2D eigenvalue weighted by molar-refractivity contribution is 5.94. The minimum Gasteiger partial charge on any atom is -0.388 e. The normalized spacial score (nSPS) is 10.0. The third-order valence-electron chi connectivity index (χ3n) is 2.97. The number of benzene rings is 2. The molecule has 0 aliphatic rings. The Kier molecular flexibility index (Phi) is 4.18. The van der Waals surface area contributed by atoms with E-state index in [1.165, 1.54) is 5.56 Å². The van der Waals surface area contributed by atoms with E-state index in [9.17, 15) is 4.79 Å². The molecule has 98 valence electrons. The molecule has 19 heavy (non-hydrogen) atoms. The number of aryl methyl sites for hydroxylation is 1. The topological polar surface area (TPSA) is 41.1 Å². The van der Waals surface area contributed by atoms with Gasteiger partial charge < -0.3 is 10.6 Å². The van der Waals surface area contributed by atoms with Gasteiger partial charge in [0.15, 0.2) is 0 Å². The molecule has 0 bridgehead atoms. The molecule has 3 nitrogen and oxygen atoms in total. The van der Waals surface area contributed by atoms with E-state index in [0.717, 1.165) is 11.3 Å². The van der Waals surface area contributed by atoms with E-state index in [2.05, 4.69) is 16.7 Å². The van der Waals surface area contributed by atoms with Crippen LogP contribution >= 0.6 is 0 Å². The molecule has 0 aliphatic heterocycles. The minimum atomic E-state index is -0.0517. The van der Waals surface area contributed by atoms with Crippen LogP contribution < -0.4 is 10.6 Å². The second-order valence-electron chi connectivity index (χ2n) is 4.50. The zero-order valence-electron chi connectivity index (χ0n) is 11.2. The molecule has 0 aliphatic carbocycles. The van der Waals surface area contributed by atoms with Gasteiger partial charge in [-0.05, 0) is 36.8 Å². The maximum atomic E-state index is 12.0. The van der Waals surface area contributed by atoms with Crippen molar-refractivity contribution in [3.8, 4) is 0 Å². The zero-order valence-corrected chi connectivity index (χ0v) is 11.2. The zero-order chi connectivity index (χ0) is 13.7. The van der Waals surface area contributed by atoms with Gasteiger partial charge in [0.2, 0.25) is 0 Å². The molecule has 2 rings (SSSR count). The largest absolute Gasteiger partial charge is 0.388 e. The predicted molar refractivity (Wildman–Crippen MR) is 78.3 cm³/mol. The van der Waals surface area contributed by atoms with E-state index >= 15 is 0 Å². The number of hydrogen-bond acceptors (Lipinski definition) is 2. The van der Waals surface area contributed by atoms with Gasteiger partial charge in [0.25, 0.3) is 5.91 Å². The highest BCUT2D eigenvalue weighted by Gasteiger charge is 2.04. The van der Waals surface area contributed by atoms with Crippen LogP contribution in [0.2, 0.25) is 0 Å². The van der Waals surface area contributed by atoms with Crippen LogP contribution in [0.4, 0.5) is 5.69 Å². The molecule has 2 aromatic carbocycles. The first-order chi connectivity index (χ1) is 9.19. The van der Waals surface area contributed by atoms with Crippen LogP contribution in [0, 0.1) is 6.92 Å². The Morgan fingerprint density at radius 3 is 2.47 bits per heavy atom. The van der Waals surface area contributed by atoms with Gasteiger partial charge in [-0.15, -0.1) is 0 Å². The molecule has 0 heterocycles. The molecule has 2 N–H and O–H groups in total. The quantitative estimate of drug-likeness (QED) is 0.880. The van der Waals surface area contributed by atoms with Gasteiger partial charge in [-0.2, -0.15) is 0 Å².